The van der Waals surface area contributed by atoms with Crippen molar-refractivity contribution in [3.63, 3.8) is 0 Å². The molecular formula is C22H23FN4O3S. The first-order chi connectivity index (χ1) is 14.8. The molecule has 7 nitrogen and oxygen atoms in total. The van der Waals surface area contributed by atoms with Gasteiger partial charge in [0, 0.05) is 11.3 Å². The second-order valence-corrected chi connectivity index (χ2v) is 9.72. The highest BCUT2D eigenvalue weighted by molar-refractivity contribution is 7.13. The predicted octanol–water partition coefficient (Wildman–Crippen LogP) is 3.59. The molecule has 162 valence electrons. The number of halogens is 1. The summed E-state index contributed by atoms with van der Waals surface area (Å²) in [4.78, 5) is 43.3. The Morgan fingerprint density at radius 3 is 2.74 bits per heavy atom. The standard InChI is InChI=1S/C22H23FN4O3S/c1-22(14-4-6-15(23)7-5-14)19(29)27(21(30)26-22)10-18(28)25-20-24-17(11-31-20)16-9-12-2-3-13(16)8-12/h4-7,11-13,16H,2-3,8-10H2,1H3,(H,26,30)(H,24,25,28). The second-order valence-electron chi connectivity index (χ2n) is 8.86. The van der Waals surface area contributed by atoms with Crippen molar-refractivity contribution >= 4 is 34.3 Å². The molecule has 2 bridgehead atoms. The summed E-state index contributed by atoms with van der Waals surface area (Å²) in [5.74, 6) is 0.508. The third kappa shape index (κ3) is 3.50. The molecule has 1 aromatic carbocycles. The van der Waals surface area contributed by atoms with E-state index in [0.29, 0.717) is 22.5 Å². The number of hydrogen-bond donors (Lipinski definition) is 2. The van der Waals surface area contributed by atoms with Crippen LogP contribution in [0.3, 0.4) is 0 Å². The minimum atomic E-state index is -1.35. The van der Waals surface area contributed by atoms with E-state index in [2.05, 4.69) is 15.6 Å². The van der Waals surface area contributed by atoms with Crippen molar-refractivity contribution in [2.45, 2.75) is 44.1 Å². The summed E-state index contributed by atoms with van der Waals surface area (Å²) in [5.41, 5.74) is 0.137. The van der Waals surface area contributed by atoms with E-state index in [9.17, 15) is 18.8 Å². The molecule has 4 unspecified atom stereocenters. The first-order valence-corrected chi connectivity index (χ1v) is 11.4. The number of rotatable bonds is 5. The molecule has 3 fully saturated rings. The lowest BCUT2D eigenvalue weighted by molar-refractivity contribution is -0.133. The summed E-state index contributed by atoms with van der Waals surface area (Å²) in [6, 6.07) is 4.69. The Hall–Kier alpha value is -2.81. The number of fused-ring (bicyclic) bond motifs is 2. The maximum atomic E-state index is 13.2. The molecule has 2 N–H and O–H groups in total. The summed E-state index contributed by atoms with van der Waals surface area (Å²) in [5, 5.41) is 7.81. The predicted molar refractivity (Wildman–Crippen MR) is 113 cm³/mol. The lowest BCUT2D eigenvalue weighted by atomic mass is 9.87. The highest BCUT2D eigenvalue weighted by atomic mass is 32.1. The van der Waals surface area contributed by atoms with Crippen molar-refractivity contribution < 1.29 is 18.8 Å². The van der Waals surface area contributed by atoms with E-state index >= 15 is 0 Å². The number of carbonyl (C=O) groups excluding carboxylic acids is 3. The summed E-state index contributed by atoms with van der Waals surface area (Å²) in [7, 11) is 0. The number of benzene rings is 1. The van der Waals surface area contributed by atoms with E-state index < -0.39 is 35.7 Å². The van der Waals surface area contributed by atoms with Gasteiger partial charge in [-0.15, -0.1) is 11.3 Å². The number of aromatic nitrogens is 1. The molecular weight excluding hydrogens is 419 g/mol. The van der Waals surface area contributed by atoms with Crippen LogP contribution >= 0.6 is 11.3 Å². The number of amides is 4. The fraction of sp³-hybridized carbons (Fsp3) is 0.455. The molecule has 2 saturated carbocycles. The molecule has 4 atom stereocenters. The molecule has 4 amide bonds. The van der Waals surface area contributed by atoms with Gasteiger partial charge in [0.15, 0.2) is 5.13 Å². The number of nitrogens with zero attached hydrogens (tertiary/aromatic N) is 2. The Labute approximate surface area is 183 Å². The van der Waals surface area contributed by atoms with Crippen LogP contribution in [0, 0.1) is 17.7 Å². The van der Waals surface area contributed by atoms with E-state index in [1.54, 1.807) is 6.92 Å². The van der Waals surface area contributed by atoms with Crippen molar-refractivity contribution in [2.75, 3.05) is 11.9 Å². The van der Waals surface area contributed by atoms with Crippen LogP contribution in [0.4, 0.5) is 14.3 Å². The summed E-state index contributed by atoms with van der Waals surface area (Å²) in [6.07, 6.45) is 5.03. The van der Waals surface area contributed by atoms with E-state index in [1.807, 2.05) is 5.38 Å². The van der Waals surface area contributed by atoms with E-state index in [1.165, 1.54) is 61.3 Å². The van der Waals surface area contributed by atoms with E-state index in [0.717, 1.165) is 16.5 Å². The average molecular weight is 443 g/mol. The Bertz CT molecular complexity index is 1060. The van der Waals surface area contributed by atoms with Crippen LogP contribution in [-0.4, -0.2) is 34.3 Å². The molecule has 3 aliphatic rings. The molecule has 9 heteroatoms. The molecule has 0 spiro atoms. The van der Waals surface area contributed by atoms with Crippen LogP contribution < -0.4 is 10.6 Å². The minimum absolute atomic E-state index is 0.412. The maximum Gasteiger partial charge on any atom is 0.325 e. The van der Waals surface area contributed by atoms with Crippen LogP contribution in [0.5, 0.6) is 0 Å². The SMILES string of the molecule is CC1(c2ccc(F)cc2)NC(=O)N(CC(=O)Nc2nc(C3CC4CCC3C4)cs2)C1=O. The topological polar surface area (TPSA) is 91.4 Å². The van der Waals surface area contributed by atoms with Gasteiger partial charge in [-0.2, -0.15) is 0 Å². The first kappa shape index (κ1) is 20.1. The van der Waals surface area contributed by atoms with E-state index in [4.69, 9.17) is 0 Å². The van der Waals surface area contributed by atoms with Crippen molar-refractivity contribution in [3.8, 4) is 0 Å². The number of nitrogens with one attached hydrogen (secondary N) is 2. The largest absolute Gasteiger partial charge is 0.325 e. The first-order valence-electron chi connectivity index (χ1n) is 10.5. The van der Waals surface area contributed by atoms with Crippen LogP contribution in [0.15, 0.2) is 29.6 Å². The molecule has 1 saturated heterocycles. The van der Waals surface area contributed by atoms with Crippen molar-refractivity contribution in [2.24, 2.45) is 11.8 Å². The number of hydrogen-bond acceptors (Lipinski definition) is 5. The molecule has 0 radical (unpaired) electrons. The fourth-order valence-electron chi connectivity index (χ4n) is 5.24. The van der Waals surface area contributed by atoms with Gasteiger partial charge in [0.05, 0.1) is 5.69 Å². The number of imide groups is 1. The van der Waals surface area contributed by atoms with Crippen molar-refractivity contribution in [1.29, 1.82) is 0 Å². The molecule has 31 heavy (non-hydrogen) atoms. The average Bonchev–Trinajstić information content (AvgIpc) is 3.51. The third-order valence-corrected chi connectivity index (χ3v) is 7.66. The van der Waals surface area contributed by atoms with Crippen LogP contribution in [0.1, 0.15) is 49.8 Å². The number of urea groups is 1. The zero-order valence-corrected chi connectivity index (χ0v) is 17.9. The highest BCUT2D eigenvalue weighted by Crippen LogP contribution is 2.53. The van der Waals surface area contributed by atoms with Gasteiger partial charge in [-0.1, -0.05) is 18.6 Å². The quantitative estimate of drug-likeness (QED) is 0.693. The van der Waals surface area contributed by atoms with Gasteiger partial charge in [0.1, 0.15) is 17.9 Å². The molecule has 2 heterocycles. The van der Waals surface area contributed by atoms with Gasteiger partial charge in [-0.25, -0.2) is 14.2 Å². The van der Waals surface area contributed by atoms with Crippen LogP contribution in [0.25, 0.3) is 0 Å². The Kier molecular flexibility index (Phi) is 4.80. The molecule has 2 aromatic rings. The van der Waals surface area contributed by atoms with Gasteiger partial charge >= 0.3 is 6.03 Å². The maximum absolute atomic E-state index is 13.2. The second kappa shape index (κ2) is 7.40. The van der Waals surface area contributed by atoms with Crippen molar-refractivity contribution in [3.05, 3.63) is 46.7 Å². The number of carbonyl (C=O) groups is 3. The lowest BCUT2D eigenvalue weighted by Crippen LogP contribution is -2.42. The van der Waals surface area contributed by atoms with Crippen LogP contribution in [-0.2, 0) is 15.1 Å². The number of thiazole rings is 1. The normalized spacial score (nSPS) is 29.5. The summed E-state index contributed by atoms with van der Waals surface area (Å²) in [6.45, 7) is 1.13. The Morgan fingerprint density at radius 2 is 2.06 bits per heavy atom. The van der Waals surface area contributed by atoms with Crippen LogP contribution in [0.2, 0.25) is 0 Å². The van der Waals surface area contributed by atoms with Gasteiger partial charge in [0.2, 0.25) is 5.91 Å². The zero-order chi connectivity index (χ0) is 21.8. The van der Waals surface area contributed by atoms with Gasteiger partial charge in [-0.05, 0) is 55.7 Å². The van der Waals surface area contributed by atoms with Gasteiger partial charge < -0.3 is 10.6 Å². The molecule has 2 aliphatic carbocycles. The van der Waals surface area contributed by atoms with Crippen molar-refractivity contribution in [1.82, 2.24) is 15.2 Å². The van der Waals surface area contributed by atoms with Gasteiger partial charge in [0.25, 0.3) is 5.91 Å². The van der Waals surface area contributed by atoms with E-state index in [-0.39, 0.29) is 0 Å². The fourth-order valence-corrected chi connectivity index (χ4v) is 6.03. The third-order valence-electron chi connectivity index (χ3n) is 6.88. The highest BCUT2D eigenvalue weighted by Gasteiger charge is 2.49. The zero-order valence-electron chi connectivity index (χ0n) is 17.1. The minimum Gasteiger partial charge on any atom is -0.319 e. The summed E-state index contributed by atoms with van der Waals surface area (Å²) < 4.78 is 13.2. The lowest BCUT2D eigenvalue weighted by Gasteiger charge is -2.22. The Balaban J connectivity index is 1.24. The monoisotopic (exact) mass is 442 g/mol. The molecule has 1 aliphatic heterocycles. The smallest absolute Gasteiger partial charge is 0.319 e. The summed E-state index contributed by atoms with van der Waals surface area (Å²) >= 11 is 1.37. The Morgan fingerprint density at radius 1 is 1.29 bits per heavy atom. The number of anilines is 1. The molecule has 1 aromatic heterocycles. The van der Waals surface area contributed by atoms with Gasteiger partial charge in [-0.3, -0.25) is 14.5 Å². The molecule has 5 rings (SSSR count).